The van der Waals surface area contributed by atoms with E-state index in [0.717, 1.165) is 32.1 Å². The molecule has 2 aliphatic rings. The molecule has 10 nitrogen and oxygen atoms in total. The topological polar surface area (TPSA) is 126 Å². The number of nitrogens with zero attached hydrogens (tertiary/aromatic N) is 4. The first-order valence-electron chi connectivity index (χ1n) is 11.1. The highest BCUT2D eigenvalue weighted by atomic mass is 16.3. The van der Waals surface area contributed by atoms with Crippen LogP contribution in [-0.2, 0) is 0 Å². The van der Waals surface area contributed by atoms with E-state index >= 15 is 0 Å². The van der Waals surface area contributed by atoms with Crippen molar-refractivity contribution >= 4 is 28.9 Å². The van der Waals surface area contributed by atoms with Crippen LogP contribution < -0.4 is 21.5 Å². The number of aromatic nitrogens is 4. The second-order valence-electron chi connectivity index (χ2n) is 8.55. The summed E-state index contributed by atoms with van der Waals surface area (Å²) in [7, 11) is 1.76. The third kappa shape index (κ3) is 3.93. The minimum absolute atomic E-state index is 0.0242. The average molecular weight is 438 g/mol. The second-order valence-corrected chi connectivity index (χ2v) is 8.55. The molecule has 0 aromatic carbocycles. The minimum atomic E-state index is -0.374. The number of aliphatic hydroxyl groups excluding tert-OH is 1. The Bertz CT molecular complexity index is 1210. The van der Waals surface area contributed by atoms with Crippen LogP contribution in [0.5, 0.6) is 0 Å². The second kappa shape index (κ2) is 8.27. The number of nitrogens with one attached hydrogen (secondary N) is 3. The fraction of sp³-hybridized carbons (Fsp3) is 0.455. The molecule has 32 heavy (non-hydrogen) atoms. The maximum atomic E-state index is 13.1. The molecule has 3 aromatic heterocycles. The number of anilines is 3. The van der Waals surface area contributed by atoms with E-state index in [4.69, 9.17) is 0 Å². The summed E-state index contributed by atoms with van der Waals surface area (Å²) < 4.78 is 3.26. The van der Waals surface area contributed by atoms with Gasteiger partial charge in [-0.05, 0) is 50.7 Å². The number of hydrogen-bond acceptors (Lipinski definition) is 7. The lowest BCUT2D eigenvalue weighted by atomic mass is 9.93. The first-order valence-corrected chi connectivity index (χ1v) is 11.1. The van der Waals surface area contributed by atoms with Crippen molar-refractivity contribution in [1.82, 2.24) is 24.5 Å². The maximum absolute atomic E-state index is 13.1. The molecule has 2 fully saturated rings. The molecule has 2 atom stereocenters. The molecule has 3 heterocycles. The number of fused-ring (bicyclic) bond motifs is 1. The van der Waals surface area contributed by atoms with Gasteiger partial charge in [-0.2, -0.15) is 9.61 Å². The molecule has 4 N–H and O–H groups in total. The molecule has 1 amide bonds. The first-order chi connectivity index (χ1) is 15.5. The summed E-state index contributed by atoms with van der Waals surface area (Å²) in [5.74, 6) is 0.864. The van der Waals surface area contributed by atoms with Gasteiger partial charge in [0.05, 0.1) is 12.3 Å². The van der Waals surface area contributed by atoms with Gasteiger partial charge in [0.25, 0.3) is 11.5 Å². The Morgan fingerprint density at radius 2 is 2.09 bits per heavy atom. The van der Waals surface area contributed by atoms with Crippen molar-refractivity contribution in [2.45, 2.75) is 56.7 Å². The summed E-state index contributed by atoms with van der Waals surface area (Å²) in [6.07, 6.45) is 8.00. The van der Waals surface area contributed by atoms with Gasteiger partial charge in [-0.3, -0.25) is 9.59 Å². The van der Waals surface area contributed by atoms with Crippen molar-refractivity contribution in [2.75, 3.05) is 17.7 Å². The van der Waals surface area contributed by atoms with Crippen LogP contribution in [0.1, 0.15) is 54.9 Å². The molecule has 0 aliphatic heterocycles. The van der Waals surface area contributed by atoms with Gasteiger partial charge in [0.2, 0.25) is 0 Å². The number of aliphatic hydroxyl groups is 1. The largest absolute Gasteiger partial charge is 0.393 e. The number of hydrogen-bond donors (Lipinski definition) is 4. The smallest absolute Gasteiger partial charge is 0.274 e. The fourth-order valence-corrected chi connectivity index (χ4v) is 4.28. The van der Waals surface area contributed by atoms with Gasteiger partial charge in [0.1, 0.15) is 22.9 Å². The predicted octanol–water partition coefficient (Wildman–Crippen LogP) is 2.04. The summed E-state index contributed by atoms with van der Waals surface area (Å²) >= 11 is 0. The monoisotopic (exact) mass is 437 g/mol. The summed E-state index contributed by atoms with van der Waals surface area (Å²) in [4.78, 5) is 30.3. The van der Waals surface area contributed by atoms with Crippen molar-refractivity contribution in [2.24, 2.45) is 0 Å². The molecule has 0 radical (unpaired) electrons. The van der Waals surface area contributed by atoms with E-state index < -0.39 is 0 Å². The zero-order valence-corrected chi connectivity index (χ0v) is 17.9. The van der Waals surface area contributed by atoms with Crippen LogP contribution in [0.4, 0.5) is 17.3 Å². The number of carbonyl (C=O) groups is 1. The lowest BCUT2D eigenvalue weighted by Crippen LogP contribution is -2.30. The SMILES string of the molecule is CNc1cc(Nc2cccn([C@@H]3CCC[C@@H](O)C3)c2=O)nc2c(C(=O)NC3CC3)cnn12. The van der Waals surface area contributed by atoms with Crippen molar-refractivity contribution in [3.8, 4) is 0 Å². The molecule has 0 saturated heterocycles. The molecular weight excluding hydrogens is 410 g/mol. The molecule has 2 aliphatic carbocycles. The number of rotatable bonds is 6. The van der Waals surface area contributed by atoms with Gasteiger partial charge < -0.3 is 25.6 Å². The van der Waals surface area contributed by atoms with E-state index in [9.17, 15) is 14.7 Å². The highest BCUT2D eigenvalue weighted by Gasteiger charge is 2.26. The quantitative estimate of drug-likeness (QED) is 0.465. The number of amides is 1. The zero-order chi connectivity index (χ0) is 22.2. The van der Waals surface area contributed by atoms with Crippen molar-refractivity contribution < 1.29 is 9.90 Å². The molecule has 10 heteroatoms. The molecule has 0 unspecified atom stereocenters. The van der Waals surface area contributed by atoms with Crippen LogP contribution >= 0.6 is 0 Å². The van der Waals surface area contributed by atoms with Gasteiger partial charge in [0, 0.05) is 31.4 Å². The van der Waals surface area contributed by atoms with E-state index in [1.165, 1.54) is 6.20 Å². The Morgan fingerprint density at radius 1 is 1.25 bits per heavy atom. The third-order valence-electron chi connectivity index (χ3n) is 6.13. The first kappa shape index (κ1) is 20.5. The average Bonchev–Trinajstić information content (AvgIpc) is 3.49. The van der Waals surface area contributed by atoms with E-state index in [2.05, 4.69) is 26.0 Å². The predicted molar refractivity (Wildman–Crippen MR) is 121 cm³/mol. The summed E-state index contributed by atoms with van der Waals surface area (Å²) in [5, 5.41) is 23.5. The zero-order valence-electron chi connectivity index (χ0n) is 17.9. The van der Waals surface area contributed by atoms with E-state index in [-0.39, 0.29) is 29.7 Å². The number of carbonyl (C=O) groups excluding carboxylic acids is 1. The fourth-order valence-electron chi connectivity index (χ4n) is 4.28. The summed E-state index contributed by atoms with van der Waals surface area (Å²) in [6, 6.07) is 5.46. The maximum Gasteiger partial charge on any atom is 0.274 e. The van der Waals surface area contributed by atoms with Crippen molar-refractivity contribution in [1.29, 1.82) is 0 Å². The Balaban J connectivity index is 1.48. The summed E-state index contributed by atoms with van der Waals surface area (Å²) in [6.45, 7) is 0. The van der Waals surface area contributed by atoms with Gasteiger partial charge in [-0.1, -0.05) is 0 Å². The van der Waals surface area contributed by atoms with Crippen LogP contribution in [-0.4, -0.2) is 49.4 Å². The molecule has 0 spiro atoms. The molecule has 3 aromatic rings. The molecule has 0 bridgehead atoms. The third-order valence-corrected chi connectivity index (χ3v) is 6.13. The standard InChI is InChI=1S/C22H27N7O3/c1-23-19-11-18(27-20-16(12-24-29(19)20)21(31)25-13-7-8-13)26-17-6-3-9-28(22(17)32)14-4-2-5-15(30)10-14/h3,6,9,11-15,23,30H,2,4-5,7-8,10H2,1H3,(H,25,31)(H,26,27)/t14-,15-/m1/s1. The van der Waals surface area contributed by atoms with Gasteiger partial charge in [-0.15, -0.1) is 0 Å². The Kier molecular flexibility index (Phi) is 5.30. The van der Waals surface area contributed by atoms with E-state index in [1.807, 2.05) is 6.07 Å². The molecule has 2 saturated carbocycles. The van der Waals surface area contributed by atoms with E-state index in [0.29, 0.717) is 35.0 Å². The Hall–Kier alpha value is -3.40. The Labute approximate surface area is 184 Å². The van der Waals surface area contributed by atoms with Crippen LogP contribution in [0.25, 0.3) is 5.65 Å². The van der Waals surface area contributed by atoms with Crippen LogP contribution in [0, 0.1) is 0 Å². The van der Waals surface area contributed by atoms with Crippen molar-refractivity contribution in [3.05, 3.63) is 46.5 Å². The number of pyridine rings is 1. The lowest BCUT2D eigenvalue weighted by molar-refractivity contribution is 0.0952. The van der Waals surface area contributed by atoms with Crippen LogP contribution in [0.15, 0.2) is 35.4 Å². The Morgan fingerprint density at radius 3 is 2.84 bits per heavy atom. The highest BCUT2D eigenvalue weighted by Crippen LogP contribution is 2.28. The summed E-state index contributed by atoms with van der Waals surface area (Å²) in [5.41, 5.74) is 1.01. The van der Waals surface area contributed by atoms with Crippen LogP contribution in [0.3, 0.4) is 0 Å². The van der Waals surface area contributed by atoms with Crippen LogP contribution in [0.2, 0.25) is 0 Å². The molecule has 5 rings (SSSR count). The van der Waals surface area contributed by atoms with Crippen molar-refractivity contribution in [3.63, 3.8) is 0 Å². The van der Waals surface area contributed by atoms with Gasteiger partial charge >= 0.3 is 0 Å². The highest BCUT2D eigenvalue weighted by molar-refractivity contribution is 6.00. The van der Waals surface area contributed by atoms with E-state index in [1.54, 1.807) is 34.5 Å². The molecular formula is C22H27N7O3. The van der Waals surface area contributed by atoms with Gasteiger partial charge in [-0.25, -0.2) is 4.98 Å². The minimum Gasteiger partial charge on any atom is -0.393 e. The normalized spacial score (nSPS) is 20.8. The lowest BCUT2D eigenvalue weighted by Gasteiger charge is -2.27. The molecule has 168 valence electrons. The van der Waals surface area contributed by atoms with Gasteiger partial charge in [0.15, 0.2) is 5.65 Å².